The highest BCUT2D eigenvalue weighted by Gasteiger charge is 2.45. The first-order chi connectivity index (χ1) is 15.4. The zero-order chi connectivity index (χ0) is 23.0. The lowest BCUT2D eigenvalue weighted by Crippen LogP contribution is -2.60. The molecule has 8 nitrogen and oxygen atoms in total. The maximum atomic E-state index is 13.2. The van der Waals surface area contributed by atoms with Crippen LogP contribution in [0.2, 0.25) is 0 Å². The fourth-order valence-corrected chi connectivity index (χ4v) is 5.33. The number of carbonyl (C=O) groups excluding carboxylic acids is 1. The van der Waals surface area contributed by atoms with E-state index in [1.54, 1.807) is 23.8 Å². The van der Waals surface area contributed by atoms with Crippen LogP contribution in [0.15, 0.2) is 46.3 Å². The molecule has 1 aliphatic rings. The molecule has 0 unspecified atom stereocenters. The maximum absolute atomic E-state index is 13.2. The standard InChI is InChI=1S/C22H21IN4O4S/c1-5-32-22-24-20(29)18-14-8-6-7-9-16(14)26(12(2)28)21(27(18)25-22)13-10-15(23)19(31-4)17(11-13)30-3/h6-11,21H,5H2,1-4H3/p+1/t21-/m0/s1. The van der Waals surface area contributed by atoms with Gasteiger partial charge in [0.25, 0.3) is 6.17 Å². The molecule has 32 heavy (non-hydrogen) atoms. The second-order valence-corrected chi connectivity index (χ2v) is 9.42. The Kier molecular flexibility index (Phi) is 6.42. The average molecular weight is 565 g/mol. The van der Waals surface area contributed by atoms with Crippen molar-refractivity contribution in [2.75, 3.05) is 24.9 Å². The van der Waals surface area contributed by atoms with Gasteiger partial charge in [-0.15, -0.1) is 0 Å². The molecule has 1 atom stereocenters. The normalized spacial score (nSPS) is 14.5. The second kappa shape index (κ2) is 9.10. The van der Waals surface area contributed by atoms with E-state index in [0.29, 0.717) is 33.6 Å². The van der Waals surface area contributed by atoms with Crippen molar-refractivity contribution in [3.8, 4) is 22.8 Å². The van der Waals surface area contributed by atoms with E-state index in [9.17, 15) is 9.59 Å². The Morgan fingerprint density at radius 1 is 1.28 bits per heavy atom. The van der Waals surface area contributed by atoms with Crippen molar-refractivity contribution in [2.24, 2.45) is 0 Å². The molecule has 0 radical (unpaired) electrons. The predicted molar refractivity (Wildman–Crippen MR) is 130 cm³/mol. The third-order valence-corrected chi connectivity index (χ3v) is 6.68. The van der Waals surface area contributed by atoms with E-state index >= 15 is 0 Å². The lowest BCUT2D eigenvalue weighted by atomic mass is 10.0. The summed E-state index contributed by atoms with van der Waals surface area (Å²) in [5, 5.41) is 5.23. The minimum absolute atomic E-state index is 0.169. The number of nitrogens with one attached hydrogen (secondary N) is 1. The molecule has 10 heteroatoms. The van der Waals surface area contributed by atoms with Crippen LogP contribution in [0.5, 0.6) is 11.5 Å². The molecule has 0 aliphatic carbocycles. The molecule has 2 aromatic carbocycles. The van der Waals surface area contributed by atoms with E-state index in [-0.39, 0.29) is 11.5 Å². The Morgan fingerprint density at radius 2 is 2.03 bits per heavy atom. The van der Waals surface area contributed by atoms with E-state index in [2.05, 4.69) is 27.6 Å². The third kappa shape index (κ3) is 3.75. The first-order valence-corrected chi connectivity index (χ1v) is 12.0. The minimum Gasteiger partial charge on any atom is -0.493 e. The number of para-hydroxylation sites is 1. The van der Waals surface area contributed by atoms with Crippen molar-refractivity contribution in [1.29, 1.82) is 0 Å². The quantitative estimate of drug-likeness (QED) is 0.290. The van der Waals surface area contributed by atoms with Crippen molar-refractivity contribution < 1.29 is 19.0 Å². The number of ether oxygens (including phenoxy) is 2. The number of benzene rings is 2. The van der Waals surface area contributed by atoms with E-state index in [0.717, 1.165) is 14.9 Å². The van der Waals surface area contributed by atoms with Crippen LogP contribution in [0.25, 0.3) is 11.3 Å². The van der Waals surface area contributed by atoms with Crippen LogP contribution in [-0.4, -0.2) is 36.0 Å². The van der Waals surface area contributed by atoms with E-state index in [1.807, 2.05) is 43.3 Å². The van der Waals surface area contributed by atoms with Crippen molar-refractivity contribution >= 4 is 45.9 Å². The van der Waals surface area contributed by atoms with Gasteiger partial charge in [-0.2, -0.15) is 0 Å². The second-order valence-electron chi connectivity index (χ2n) is 7.00. The minimum atomic E-state index is -0.677. The van der Waals surface area contributed by atoms with Gasteiger partial charge in [-0.25, -0.2) is 4.90 Å². The lowest BCUT2D eigenvalue weighted by Gasteiger charge is -2.31. The summed E-state index contributed by atoms with van der Waals surface area (Å²) in [6.45, 7) is 3.50. The summed E-state index contributed by atoms with van der Waals surface area (Å²) >= 11 is 3.60. The number of carbonyl (C=O) groups is 1. The summed E-state index contributed by atoms with van der Waals surface area (Å²) in [6.07, 6.45) is -0.677. The zero-order valence-electron chi connectivity index (χ0n) is 18.0. The molecule has 3 aromatic rings. The van der Waals surface area contributed by atoms with E-state index < -0.39 is 6.17 Å². The monoisotopic (exact) mass is 565 g/mol. The van der Waals surface area contributed by atoms with Crippen LogP contribution in [0, 0.1) is 3.57 Å². The number of anilines is 1. The van der Waals surface area contributed by atoms with Crippen LogP contribution in [-0.2, 0) is 4.79 Å². The number of hydrogen-bond acceptors (Lipinski definition) is 6. The zero-order valence-corrected chi connectivity index (χ0v) is 21.0. The number of amides is 1. The Bertz CT molecular complexity index is 1260. The maximum Gasteiger partial charge on any atom is 0.325 e. The summed E-state index contributed by atoms with van der Waals surface area (Å²) in [4.78, 5) is 30.7. The number of methoxy groups -OCH3 is 2. The van der Waals surface area contributed by atoms with Crippen LogP contribution in [0.4, 0.5) is 5.69 Å². The average Bonchev–Trinajstić information content (AvgIpc) is 2.77. The van der Waals surface area contributed by atoms with Gasteiger partial charge in [-0.3, -0.25) is 14.6 Å². The molecule has 4 rings (SSSR count). The van der Waals surface area contributed by atoms with Crippen molar-refractivity contribution in [3.63, 3.8) is 0 Å². The van der Waals surface area contributed by atoms with Gasteiger partial charge in [0.1, 0.15) is 0 Å². The molecule has 1 N–H and O–H groups in total. The molecule has 1 aromatic heterocycles. The Balaban J connectivity index is 2.07. The van der Waals surface area contributed by atoms with Crippen LogP contribution in [0.3, 0.4) is 0 Å². The molecule has 0 spiro atoms. The molecule has 1 aliphatic heterocycles. The topological polar surface area (TPSA) is 88.4 Å². The molecular formula is C22H22IN4O4S+. The number of aromatic nitrogens is 3. The summed E-state index contributed by atoms with van der Waals surface area (Å²) in [7, 11) is 3.15. The van der Waals surface area contributed by atoms with Gasteiger partial charge < -0.3 is 9.47 Å². The van der Waals surface area contributed by atoms with Crippen LogP contribution >= 0.6 is 34.4 Å². The van der Waals surface area contributed by atoms with Gasteiger partial charge in [-0.05, 0) is 57.3 Å². The van der Waals surface area contributed by atoms with Gasteiger partial charge in [0.05, 0.1) is 34.6 Å². The first kappa shape index (κ1) is 22.6. The van der Waals surface area contributed by atoms with Gasteiger partial charge in [0.15, 0.2) is 11.5 Å². The fourth-order valence-electron chi connectivity index (χ4n) is 3.90. The van der Waals surface area contributed by atoms with Gasteiger partial charge >= 0.3 is 11.3 Å². The number of nitrogens with zero attached hydrogens (tertiary/aromatic N) is 3. The Hall–Kier alpha value is -2.60. The number of fused-ring (bicyclic) bond motifs is 3. The van der Waals surface area contributed by atoms with Gasteiger partial charge in [0, 0.05) is 12.0 Å². The Morgan fingerprint density at radius 3 is 2.69 bits per heavy atom. The number of rotatable bonds is 5. The first-order valence-electron chi connectivity index (χ1n) is 9.90. The number of halogens is 1. The molecule has 0 saturated carbocycles. The highest BCUT2D eigenvalue weighted by molar-refractivity contribution is 14.1. The molecule has 0 bridgehead atoms. The number of thioether (sulfide) groups is 1. The molecule has 1 amide bonds. The largest absolute Gasteiger partial charge is 0.493 e. The third-order valence-electron chi connectivity index (χ3n) is 5.13. The van der Waals surface area contributed by atoms with Crippen LogP contribution in [0.1, 0.15) is 25.6 Å². The van der Waals surface area contributed by atoms with Crippen molar-refractivity contribution in [3.05, 3.63) is 55.9 Å². The van der Waals surface area contributed by atoms with Crippen molar-refractivity contribution in [1.82, 2.24) is 10.1 Å². The molecule has 166 valence electrons. The smallest absolute Gasteiger partial charge is 0.325 e. The van der Waals surface area contributed by atoms with Crippen molar-refractivity contribution in [2.45, 2.75) is 25.2 Å². The highest BCUT2D eigenvalue weighted by Crippen LogP contribution is 2.41. The summed E-state index contributed by atoms with van der Waals surface area (Å²) in [5.41, 5.74) is 2.18. The molecule has 2 heterocycles. The summed E-state index contributed by atoms with van der Waals surface area (Å²) in [5.74, 6) is 1.71. The van der Waals surface area contributed by atoms with Gasteiger partial charge in [-0.1, -0.05) is 30.8 Å². The molecular weight excluding hydrogens is 543 g/mol. The number of H-pyrrole nitrogens is 1. The van der Waals surface area contributed by atoms with Crippen LogP contribution < -0.4 is 24.6 Å². The fraction of sp³-hybridized carbons (Fsp3) is 0.273. The van der Waals surface area contributed by atoms with Gasteiger partial charge in [0.2, 0.25) is 11.1 Å². The summed E-state index contributed by atoms with van der Waals surface area (Å²) < 4.78 is 13.5. The number of hydrogen-bond donors (Lipinski definition) is 1. The Labute approximate surface area is 203 Å². The molecule has 0 fully saturated rings. The predicted octanol–water partition coefficient (Wildman–Crippen LogP) is 3.37. The molecule has 0 saturated heterocycles. The number of aromatic amines is 1. The lowest BCUT2D eigenvalue weighted by molar-refractivity contribution is -0.763. The summed E-state index contributed by atoms with van der Waals surface area (Å²) in [6, 6.07) is 11.1. The van der Waals surface area contributed by atoms with E-state index in [1.165, 1.54) is 18.7 Å². The highest BCUT2D eigenvalue weighted by atomic mass is 127. The SMILES string of the molecule is CCSc1n[n+]2c(c(=O)[nH]1)-c1ccccc1N(C(C)=O)[C@@H]2c1cc(I)c(OC)c(OC)c1. The van der Waals surface area contributed by atoms with E-state index in [4.69, 9.17) is 14.6 Å².